The van der Waals surface area contributed by atoms with Gasteiger partial charge in [-0.2, -0.15) is 9.97 Å². The number of rotatable bonds is 5. The standard InChI is InChI=1S/C14H17FN2O5/c1-19-10-7-11(20-2)17-14(16-10)22-12-8(13(18)21-3)5-4-6-9(12)15/h7-8H,4-6H2,1-3H3. The van der Waals surface area contributed by atoms with Crippen molar-refractivity contribution >= 4 is 5.97 Å². The number of halogens is 1. The van der Waals surface area contributed by atoms with E-state index in [1.54, 1.807) is 0 Å². The van der Waals surface area contributed by atoms with Gasteiger partial charge in [0.15, 0.2) is 5.76 Å². The van der Waals surface area contributed by atoms with E-state index in [4.69, 9.17) is 14.2 Å². The molecule has 1 atom stereocenters. The van der Waals surface area contributed by atoms with Crippen molar-refractivity contribution in [3.8, 4) is 17.8 Å². The molecule has 8 heteroatoms. The quantitative estimate of drug-likeness (QED) is 0.769. The second-order valence-electron chi connectivity index (χ2n) is 4.57. The number of ether oxygens (including phenoxy) is 4. The highest BCUT2D eigenvalue weighted by Gasteiger charge is 2.33. The van der Waals surface area contributed by atoms with Crippen LogP contribution in [0.2, 0.25) is 0 Å². The van der Waals surface area contributed by atoms with Crippen molar-refractivity contribution in [2.75, 3.05) is 21.3 Å². The molecule has 0 saturated carbocycles. The molecule has 0 fully saturated rings. The zero-order valence-corrected chi connectivity index (χ0v) is 12.6. The first-order valence-electron chi connectivity index (χ1n) is 6.70. The van der Waals surface area contributed by atoms with Crippen LogP contribution in [0.15, 0.2) is 17.7 Å². The van der Waals surface area contributed by atoms with E-state index in [1.165, 1.54) is 27.4 Å². The summed E-state index contributed by atoms with van der Waals surface area (Å²) in [6, 6.07) is 1.30. The SMILES string of the molecule is COC(=O)C1CCCC(F)=C1Oc1nc(OC)cc(OC)n1. The van der Waals surface area contributed by atoms with Crippen LogP contribution < -0.4 is 14.2 Å². The fraction of sp³-hybridized carbons (Fsp3) is 0.500. The maximum Gasteiger partial charge on any atom is 0.328 e. The van der Waals surface area contributed by atoms with Gasteiger partial charge in [0.1, 0.15) is 11.7 Å². The molecule has 1 aliphatic rings. The third-order valence-electron chi connectivity index (χ3n) is 3.24. The van der Waals surface area contributed by atoms with Crippen molar-refractivity contribution in [1.29, 1.82) is 0 Å². The van der Waals surface area contributed by atoms with Gasteiger partial charge in [-0.15, -0.1) is 0 Å². The summed E-state index contributed by atoms with van der Waals surface area (Å²) in [5, 5.41) is 0. The third kappa shape index (κ3) is 3.44. The zero-order valence-electron chi connectivity index (χ0n) is 12.6. The summed E-state index contributed by atoms with van der Waals surface area (Å²) >= 11 is 0. The predicted octanol–water partition coefficient (Wildman–Crippen LogP) is 2.03. The summed E-state index contributed by atoms with van der Waals surface area (Å²) in [5.41, 5.74) is 0. The van der Waals surface area contributed by atoms with E-state index in [9.17, 15) is 9.18 Å². The van der Waals surface area contributed by atoms with Crippen LogP contribution in [0.4, 0.5) is 4.39 Å². The van der Waals surface area contributed by atoms with Gasteiger partial charge < -0.3 is 18.9 Å². The van der Waals surface area contributed by atoms with Crippen LogP contribution in [0, 0.1) is 5.92 Å². The van der Waals surface area contributed by atoms with Crippen LogP contribution in [0.25, 0.3) is 0 Å². The minimum Gasteiger partial charge on any atom is -0.481 e. The maximum absolute atomic E-state index is 14.1. The van der Waals surface area contributed by atoms with E-state index in [0.717, 1.165) is 0 Å². The first-order chi connectivity index (χ1) is 10.6. The number of hydrogen-bond acceptors (Lipinski definition) is 7. The maximum atomic E-state index is 14.1. The van der Waals surface area contributed by atoms with Crippen molar-refractivity contribution < 1.29 is 28.1 Å². The lowest BCUT2D eigenvalue weighted by Crippen LogP contribution is -2.25. The lowest BCUT2D eigenvalue weighted by Gasteiger charge is -2.22. The summed E-state index contributed by atoms with van der Waals surface area (Å²) in [7, 11) is 4.09. The monoisotopic (exact) mass is 312 g/mol. The highest BCUT2D eigenvalue weighted by atomic mass is 19.1. The third-order valence-corrected chi connectivity index (χ3v) is 3.24. The lowest BCUT2D eigenvalue weighted by molar-refractivity contribution is -0.145. The first kappa shape index (κ1) is 16.0. The lowest BCUT2D eigenvalue weighted by atomic mass is 9.93. The Hall–Kier alpha value is -2.38. The number of carbonyl (C=O) groups is 1. The summed E-state index contributed by atoms with van der Waals surface area (Å²) < 4.78 is 34.2. The number of allylic oxidation sites excluding steroid dienone is 1. The molecular weight excluding hydrogens is 295 g/mol. The van der Waals surface area contributed by atoms with E-state index in [1.807, 2.05) is 0 Å². The van der Waals surface area contributed by atoms with Crippen LogP contribution in [-0.4, -0.2) is 37.3 Å². The van der Waals surface area contributed by atoms with Gasteiger partial charge in [0.2, 0.25) is 11.8 Å². The van der Waals surface area contributed by atoms with Crippen molar-refractivity contribution in [2.45, 2.75) is 19.3 Å². The van der Waals surface area contributed by atoms with Gasteiger partial charge in [0.05, 0.1) is 27.4 Å². The number of aromatic nitrogens is 2. The highest BCUT2D eigenvalue weighted by Crippen LogP contribution is 2.33. The van der Waals surface area contributed by atoms with Crippen molar-refractivity contribution in [3.63, 3.8) is 0 Å². The minimum atomic E-state index is -0.806. The topological polar surface area (TPSA) is 79.8 Å². The summed E-state index contributed by atoms with van der Waals surface area (Å²) in [6.07, 6.45) is 1.18. The van der Waals surface area contributed by atoms with Crippen LogP contribution in [-0.2, 0) is 9.53 Å². The van der Waals surface area contributed by atoms with Gasteiger partial charge in [-0.1, -0.05) is 0 Å². The average Bonchev–Trinajstić information content (AvgIpc) is 2.55. The number of esters is 1. The summed E-state index contributed by atoms with van der Waals surface area (Å²) in [4.78, 5) is 19.7. The second kappa shape index (κ2) is 7.06. The number of methoxy groups -OCH3 is 3. The molecule has 1 aliphatic carbocycles. The van der Waals surface area contributed by atoms with Gasteiger partial charge in [0, 0.05) is 6.42 Å². The van der Waals surface area contributed by atoms with Gasteiger partial charge in [-0.05, 0) is 12.8 Å². The molecule has 0 aliphatic heterocycles. The molecule has 22 heavy (non-hydrogen) atoms. The number of carbonyl (C=O) groups excluding carboxylic acids is 1. The summed E-state index contributed by atoms with van der Waals surface area (Å²) in [6.45, 7) is 0. The molecule has 1 aromatic rings. The summed E-state index contributed by atoms with van der Waals surface area (Å²) in [5.74, 6) is -1.58. The molecule has 0 N–H and O–H groups in total. The molecule has 7 nitrogen and oxygen atoms in total. The molecule has 0 bridgehead atoms. The first-order valence-corrected chi connectivity index (χ1v) is 6.70. The van der Waals surface area contributed by atoms with Crippen molar-refractivity contribution in [3.05, 3.63) is 17.7 Å². The Morgan fingerprint density at radius 2 is 1.86 bits per heavy atom. The van der Waals surface area contributed by atoms with E-state index in [2.05, 4.69) is 14.7 Å². The molecule has 0 radical (unpaired) electrons. The molecule has 1 heterocycles. The highest BCUT2D eigenvalue weighted by molar-refractivity contribution is 5.75. The van der Waals surface area contributed by atoms with Crippen LogP contribution in [0.5, 0.6) is 17.8 Å². The van der Waals surface area contributed by atoms with Gasteiger partial charge in [0.25, 0.3) is 0 Å². The van der Waals surface area contributed by atoms with Crippen LogP contribution in [0.1, 0.15) is 19.3 Å². The molecule has 0 saturated heterocycles. The number of hydrogen-bond donors (Lipinski definition) is 0. The largest absolute Gasteiger partial charge is 0.481 e. The Kier molecular flexibility index (Phi) is 5.13. The Labute approximate surface area is 127 Å². The molecule has 1 aromatic heterocycles. The van der Waals surface area contributed by atoms with E-state index in [0.29, 0.717) is 12.8 Å². The Balaban J connectivity index is 2.32. The molecule has 2 rings (SSSR count). The van der Waals surface area contributed by atoms with Crippen LogP contribution >= 0.6 is 0 Å². The fourth-order valence-corrected chi connectivity index (χ4v) is 2.14. The Morgan fingerprint density at radius 3 is 2.41 bits per heavy atom. The minimum absolute atomic E-state index is 0.117. The number of nitrogens with zero attached hydrogens (tertiary/aromatic N) is 2. The Morgan fingerprint density at radius 1 is 1.23 bits per heavy atom. The van der Waals surface area contributed by atoms with Crippen molar-refractivity contribution in [1.82, 2.24) is 9.97 Å². The van der Waals surface area contributed by atoms with E-state index < -0.39 is 17.7 Å². The Bertz CT molecular complexity index is 568. The molecule has 120 valence electrons. The van der Waals surface area contributed by atoms with Gasteiger partial charge in [-0.3, -0.25) is 4.79 Å². The molecule has 0 spiro atoms. The predicted molar refractivity (Wildman–Crippen MR) is 73.3 cm³/mol. The van der Waals surface area contributed by atoms with Gasteiger partial charge >= 0.3 is 12.0 Å². The molecule has 1 unspecified atom stereocenters. The molecular formula is C14H17FN2O5. The van der Waals surface area contributed by atoms with Gasteiger partial charge in [-0.25, -0.2) is 4.39 Å². The molecule has 0 amide bonds. The molecule has 0 aromatic carbocycles. The zero-order chi connectivity index (χ0) is 16.1. The smallest absolute Gasteiger partial charge is 0.328 e. The van der Waals surface area contributed by atoms with E-state index in [-0.39, 0.29) is 30.0 Å². The van der Waals surface area contributed by atoms with Crippen LogP contribution in [0.3, 0.4) is 0 Å². The average molecular weight is 312 g/mol. The second-order valence-corrected chi connectivity index (χ2v) is 4.57. The fourth-order valence-electron chi connectivity index (χ4n) is 2.14. The normalized spacial score (nSPS) is 17.9. The van der Waals surface area contributed by atoms with E-state index >= 15 is 0 Å². The van der Waals surface area contributed by atoms with Crippen molar-refractivity contribution in [2.24, 2.45) is 5.92 Å².